The zero-order valence-electron chi connectivity index (χ0n) is 22.5. The van der Waals surface area contributed by atoms with Crippen molar-refractivity contribution < 1.29 is 23.4 Å². The number of aryl methyl sites for hydroxylation is 1. The Kier molecular flexibility index (Phi) is 7.70. The van der Waals surface area contributed by atoms with Crippen LogP contribution in [0.4, 0.5) is 19.4 Å². The highest BCUT2D eigenvalue weighted by Gasteiger charge is 2.42. The minimum absolute atomic E-state index is 0.273. The van der Waals surface area contributed by atoms with Crippen molar-refractivity contribution >= 4 is 11.8 Å². The van der Waals surface area contributed by atoms with Gasteiger partial charge in [-0.25, -0.2) is 18.3 Å². The van der Waals surface area contributed by atoms with E-state index in [1.54, 1.807) is 31.7 Å². The number of ether oxygens (including phenoxy) is 1. The Hall–Kier alpha value is -3.34. The molecule has 1 fully saturated rings. The summed E-state index contributed by atoms with van der Waals surface area (Å²) in [6.45, 7) is 4.51. The number of aliphatic hydroxyl groups is 1. The Morgan fingerprint density at radius 2 is 1.92 bits per heavy atom. The number of nitrogens with zero attached hydrogens (tertiary/aromatic N) is 3. The first-order valence-electron chi connectivity index (χ1n) is 13.3. The fourth-order valence-corrected chi connectivity index (χ4v) is 5.82. The highest BCUT2D eigenvalue weighted by Crippen LogP contribution is 2.34. The normalized spacial score (nSPS) is 20.2. The molecular formula is C29H35F2N5O3. The molecule has 2 aliphatic rings. The third-order valence-corrected chi connectivity index (χ3v) is 7.76. The Morgan fingerprint density at radius 3 is 2.62 bits per heavy atom. The van der Waals surface area contributed by atoms with Gasteiger partial charge in [-0.15, -0.1) is 0 Å². The molecule has 39 heavy (non-hydrogen) atoms. The molecule has 0 bridgehead atoms. The number of fused-ring (bicyclic) bond motifs is 1. The maximum Gasteiger partial charge on any atom is 0.320 e. The van der Waals surface area contributed by atoms with Crippen LogP contribution in [0, 0.1) is 11.6 Å². The molecule has 2 aromatic carbocycles. The van der Waals surface area contributed by atoms with Crippen molar-refractivity contribution in [2.75, 3.05) is 32.1 Å². The van der Waals surface area contributed by atoms with Gasteiger partial charge in [0.2, 0.25) is 0 Å². The van der Waals surface area contributed by atoms with Gasteiger partial charge in [0.1, 0.15) is 5.82 Å². The van der Waals surface area contributed by atoms with Crippen molar-refractivity contribution in [3.63, 3.8) is 0 Å². The molecule has 2 amide bonds. The second-order valence-corrected chi connectivity index (χ2v) is 10.9. The molecule has 1 aromatic heterocycles. The van der Waals surface area contributed by atoms with Crippen LogP contribution >= 0.6 is 0 Å². The van der Waals surface area contributed by atoms with E-state index in [0.29, 0.717) is 24.5 Å². The first-order chi connectivity index (χ1) is 18.7. The Morgan fingerprint density at radius 1 is 1.15 bits per heavy atom. The average Bonchev–Trinajstić information content (AvgIpc) is 3.60. The number of amides is 2. The summed E-state index contributed by atoms with van der Waals surface area (Å²) in [7, 11) is 1.57. The van der Waals surface area contributed by atoms with Crippen molar-refractivity contribution in [2.45, 2.75) is 56.7 Å². The molecular weight excluding hydrogens is 504 g/mol. The summed E-state index contributed by atoms with van der Waals surface area (Å²) in [5, 5.41) is 21.7. The first kappa shape index (κ1) is 27.2. The quantitative estimate of drug-likeness (QED) is 0.402. The second kappa shape index (κ2) is 11.0. The zero-order valence-corrected chi connectivity index (χ0v) is 22.5. The number of benzene rings is 2. The Labute approximate surface area is 227 Å². The number of para-hydroxylation sites is 1. The molecule has 0 radical (unpaired) electrons. The molecule has 3 aromatic rings. The topological polar surface area (TPSA) is 91.7 Å². The summed E-state index contributed by atoms with van der Waals surface area (Å²) in [5.41, 5.74) is 2.34. The number of halogens is 2. The van der Waals surface area contributed by atoms with Crippen molar-refractivity contribution in [1.82, 2.24) is 20.0 Å². The maximum absolute atomic E-state index is 14.2. The van der Waals surface area contributed by atoms with E-state index < -0.39 is 29.3 Å². The molecule has 8 nitrogen and oxygen atoms in total. The van der Waals surface area contributed by atoms with Crippen LogP contribution in [0.5, 0.6) is 0 Å². The highest BCUT2D eigenvalue weighted by atomic mass is 19.2. The third kappa shape index (κ3) is 5.68. The first-order valence-corrected chi connectivity index (χ1v) is 13.3. The molecule has 0 spiro atoms. The smallest absolute Gasteiger partial charge is 0.320 e. The van der Waals surface area contributed by atoms with Crippen molar-refractivity contribution in [2.24, 2.45) is 0 Å². The van der Waals surface area contributed by atoms with Gasteiger partial charge in [-0.2, -0.15) is 5.10 Å². The molecule has 208 valence electrons. The van der Waals surface area contributed by atoms with Crippen LogP contribution in [0.1, 0.15) is 43.0 Å². The van der Waals surface area contributed by atoms with E-state index in [-0.39, 0.29) is 18.6 Å². The lowest BCUT2D eigenvalue weighted by Gasteiger charge is -2.36. The van der Waals surface area contributed by atoms with Gasteiger partial charge in [-0.3, -0.25) is 10.2 Å². The zero-order chi connectivity index (χ0) is 27.7. The summed E-state index contributed by atoms with van der Waals surface area (Å²) in [5.74, 6) is -1.56. The Bertz CT molecular complexity index is 1320. The van der Waals surface area contributed by atoms with E-state index in [1.165, 1.54) is 6.07 Å². The number of nitrogens with one attached hydrogen (secondary N) is 2. The van der Waals surface area contributed by atoms with E-state index in [9.17, 15) is 18.7 Å². The van der Waals surface area contributed by atoms with Gasteiger partial charge in [0.05, 0.1) is 35.7 Å². The number of carbonyl (C=O) groups is 1. The molecule has 1 aliphatic carbocycles. The number of aromatic nitrogens is 2. The second-order valence-electron chi connectivity index (χ2n) is 10.9. The number of rotatable bonds is 8. The third-order valence-electron chi connectivity index (χ3n) is 7.76. The molecule has 5 rings (SSSR count). The SMILES string of the molecule is COCC(N1CC(NC(=O)Nc2c3c(nn2-c2ccccc2)CCC3)C(c2ccc(F)c(F)c2)C1)C(C)(C)O. The van der Waals surface area contributed by atoms with Crippen molar-refractivity contribution in [3.05, 3.63) is 77.0 Å². The van der Waals surface area contributed by atoms with Gasteiger partial charge in [-0.1, -0.05) is 24.3 Å². The predicted molar refractivity (Wildman–Crippen MR) is 144 cm³/mol. The number of hydrogen-bond acceptors (Lipinski definition) is 5. The van der Waals surface area contributed by atoms with Gasteiger partial charge in [-0.05, 0) is 62.9 Å². The monoisotopic (exact) mass is 539 g/mol. The van der Waals surface area contributed by atoms with Crippen LogP contribution < -0.4 is 10.6 Å². The molecule has 10 heteroatoms. The van der Waals surface area contributed by atoms with Gasteiger partial charge in [0.25, 0.3) is 0 Å². The summed E-state index contributed by atoms with van der Waals surface area (Å²) in [6.07, 6.45) is 2.67. The average molecular weight is 540 g/mol. The summed E-state index contributed by atoms with van der Waals surface area (Å²) in [6, 6.07) is 12.3. The van der Waals surface area contributed by atoms with Crippen LogP contribution in [0.3, 0.4) is 0 Å². The number of likely N-dealkylation sites (tertiary alicyclic amines) is 1. The molecule has 3 N–H and O–H groups in total. The van der Waals surface area contributed by atoms with Crippen LogP contribution in [0.25, 0.3) is 5.69 Å². The van der Waals surface area contributed by atoms with E-state index in [0.717, 1.165) is 42.3 Å². The van der Waals surface area contributed by atoms with E-state index in [1.807, 2.05) is 35.2 Å². The largest absolute Gasteiger partial charge is 0.389 e. The summed E-state index contributed by atoms with van der Waals surface area (Å²) in [4.78, 5) is 15.5. The van der Waals surface area contributed by atoms with Crippen LogP contribution in [0.15, 0.2) is 48.5 Å². The van der Waals surface area contributed by atoms with Gasteiger partial charge < -0.3 is 15.2 Å². The predicted octanol–water partition coefficient (Wildman–Crippen LogP) is 4.01. The van der Waals surface area contributed by atoms with E-state index >= 15 is 0 Å². The van der Waals surface area contributed by atoms with Crippen LogP contribution in [0.2, 0.25) is 0 Å². The Balaban J connectivity index is 1.41. The van der Waals surface area contributed by atoms with E-state index in [2.05, 4.69) is 10.6 Å². The minimum Gasteiger partial charge on any atom is -0.389 e. The number of methoxy groups -OCH3 is 1. The van der Waals surface area contributed by atoms with E-state index in [4.69, 9.17) is 9.84 Å². The lowest BCUT2D eigenvalue weighted by molar-refractivity contribution is -0.0441. The van der Waals surface area contributed by atoms with Crippen LogP contribution in [-0.2, 0) is 17.6 Å². The summed E-state index contributed by atoms with van der Waals surface area (Å²) >= 11 is 0. The van der Waals surface area contributed by atoms with Crippen molar-refractivity contribution in [3.8, 4) is 5.69 Å². The van der Waals surface area contributed by atoms with Gasteiger partial charge >= 0.3 is 6.03 Å². The van der Waals surface area contributed by atoms with Crippen LogP contribution in [-0.4, -0.2) is 70.3 Å². The van der Waals surface area contributed by atoms with Crippen molar-refractivity contribution in [1.29, 1.82) is 0 Å². The highest BCUT2D eigenvalue weighted by molar-refractivity contribution is 5.90. The molecule has 3 atom stereocenters. The standard InChI is InChI=1S/C29H35F2N5O3/c1-29(2,38)26(17-39-3)35-15-21(18-12-13-22(30)23(31)14-18)25(16-35)32-28(37)33-27-20-10-7-11-24(20)34-36(27)19-8-5-4-6-9-19/h4-6,8-9,12-14,21,25-26,38H,7,10-11,15-17H2,1-3H3,(H2,32,33,37). The maximum atomic E-state index is 14.2. The lowest BCUT2D eigenvalue weighted by atomic mass is 9.94. The number of urea groups is 1. The number of anilines is 1. The van der Waals surface area contributed by atoms with Gasteiger partial charge in [0, 0.05) is 31.7 Å². The minimum atomic E-state index is -1.09. The number of carbonyl (C=O) groups excluding carboxylic acids is 1. The fourth-order valence-electron chi connectivity index (χ4n) is 5.82. The molecule has 1 aliphatic heterocycles. The molecule has 3 unspecified atom stereocenters. The molecule has 2 heterocycles. The van der Waals surface area contributed by atoms with Gasteiger partial charge in [0.15, 0.2) is 11.6 Å². The fraction of sp³-hybridized carbons (Fsp3) is 0.448. The number of hydrogen-bond donors (Lipinski definition) is 3. The lowest BCUT2D eigenvalue weighted by Crippen LogP contribution is -2.52. The molecule has 0 saturated carbocycles. The molecule has 1 saturated heterocycles. The summed E-state index contributed by atoms with van der Waals surface area (Å²) < 4.78 is 35.1.